The summed E-state index contributed by atoms with van der Waals surface area (Å²) < 4.78 is 32.5. The average Bonchev–Trinajstić information content (AvgIpc) is 2.99. The summed E-state index contributed by atoms with van der Waals surface area (Å²) in [6, 6.07) is 0. The number of carbonyl (C=O) groups is 2. The van der Waals surface area contributed by atoms with Crippen LogP contribution in [0.1, 0.15) is 155 Å². The number of ether oxygens (including phenoxy) is 2. The number of hydrogen-bond acceptors (Lipinski definition) is 8. The highest BCUT2D eigenvalue weighted by molar-refractivity contribution is 7.47. The van der Waals surface area contributed by atoms with E-state index in [4.69, 9.17) is 24.3 Å². The molecule has 2 atom stereocenters. The molecule has 0 heterocycles. The lowest BCUT2D eigenvalue weighted by Gasteiger charge is -2.19. The number of hydrogen-bond donors (Lipinski definition) is 2. The van der Waals surface area contributed by atoms with Crippen LogP contribution >= 0.6 is 7.82 Å². The highest BCUT2D eigenvalue weighted by atomic mass is 31.2. The Bertz CT molecular complexity index is 734. The predicted octanol–water partition coefficient (Wildman–Crippen LogP) is 8.71. The number of phosphoric acid groups is 1. The molecule has 0 aromatic heterocycles. The van der Waals surface area contributed by atoms with Crippen molar-refractivity contribution in [3.63, 3.8) is 0 Å². The lowest BCUT2D eigenvalue weighted by molar-refractivity contribution is -0.161. The molecule has 0 amide bonds. The summed E-state index contributed by atoms with van der Waals surface area (Å²) in [6.45, 7) is 3.66. The van der Waals surface area contributed by atoms with Crippen LogP contribution in [-0.4, -0.2) is 49.3 Å². The molecule has 43 heavy (non-hydrogen) atoms. The smallest absolute Gasteiger partial charge is 0.462 e. The third-order valence-electron chi connectivity index (χ3n) is 7.15. The van der Waals surface area contributed by atoms with E-state index < -0.39 is 32.5 Å². The van der Waals surface area contributed by atoms with Gasteiger partial charge < -0.3 is 20.1 Å². The minimum atomic E-state index is -4.36. The van der Waals surface area contributed by atoms with Gasteiger partial charge in [0, 0.05) is 19.4 Å². The Kier molecular flexibility index (Phi) is 29.9. The molecule has 0 aliphatic rings. The normalized spacial score (nSPS) is 13.7. The Morgan fingerprint density at radius 2 is 1.14 bits per heavy atom. The maximum absolute atomic E-state index is 12.4. The molecule has 0 radical (unpaired) electrons. The second kappa shape index (κ2) is 30.8. The average molecular weight is 634 g/mol. The zero-order valence-electron chi connectivity index (χ0n) is 27.4. The van der Waals surface area contributed by atoms with Gasteiger partial charge in [-0.2, -0.15) is 0 Å². The van der Waals surface area contributed by atoms with E-state index >= 15 is 0 Å². The van der Waals surface area contributed by atoms with E-state index in [1.807, 2.05) is 0 Å². The van der Waals surface area contributed by atoms with Gasteiger partial charge >= 0.3 is 19.8 Å². The SMILES string of the molecule is CCCCCC/C=C\CCCCCCCC(=O)OC[C@H](COP(=O)(O)OCCN)OC(=O)CCCCCCCCCCC. The molecule has 10 heteroatoms. The first-order valence-electron chi connectivity index (χ1n) is 17.2. The monoisotopic (exact) mass is 633 g/mol. The van der Waals surface area contributed by atoms with Crippen LogP contribution in [0.25, 0.3) is 0 Å². The number of phosphoric ester groups is 1. The Hall–Kier alpha value is -1.25. The summed E-state index contributed by atoms with van der Waals surface area (Å²) in [7, 11) is -4.36. The van der Waals surface area contributed by atoms with Gasteiger partial charge in [0.25, 0.3) is 0 Å². The van der Waals surface area contributed by atoms with Crippen molar-refractivity contribution in [2.24, 2.45) is 5.73 Å². The summed E-state index contributed by atoms with van der Waals surface area (Å²) >= 11 is 0. The minimum absolute atomic E-state index is 0.0545. The molecule has 0 aliphatic heterocycles. The molecule has 0 aromatic carbocycles. The number of carbonyl (C=O) groups excluding carboxylic acids is 2. The number of rotatable bonds is 32. The molecule has 0 rings (SSSR count). The maximum Gasteiger partial charge on any atom is 0.472 e. The molecular formula is C33H64NO8P. The highest BCUT2D eigenvalue weighted by Crippen LogP contribution is 2.43. The first-order chi connectivity index (χ1) is 20.8. The molecule has 0 aliphatic carbocycles. The molecule has 0 aromatic rings. The summed E-state index contributed by atoms with van der Waals surface area (Å²) in [6.07, 6.45) is 26.8. The van der Waals surface area contributed by atoms with Gasteiger partial charge in [0.15, 0.2) is 6.10 Å². The van der Waals surface area contributed by atoms with E-state index in [9.17, 15) is 19.0 Å². The minimum Gasteiger partial charge on any atom is -0.462 e. The predicted molar refractivity (Wildman–Crippen MR) is 174 cm³/mol. The maximum atomic E-state index is 12.4. The van der Waals surface area contributed by atoms with Crippen LogP contribution < -0.4 is 5.73 Å². The van der Waals surface area contributed by atoms with Crippen LogP contribution in [0, 0.1) is 0 Å². The van der Waals surface area contributed by atoms with Gasteiger partial charge in [-0.05, 0) is 38.5 Å². The molecule has 0 spiro atoms. The first kappa shape index (κ1) is 41.8. The van der Waals surface area contributed by atoms with Gasteiger partial charge in [-0.25, -0.2) is 4.57 Å². The molecule has 0 bridgehead atoms. The highest BCUT2D eigenvalue weighted by Gasteiger charge is 2.25. The van der Waals surface area contributed by atoms with Gasteiger partial charge in [0.05, 0.1) is 13.2 Å². The first-order valence-corrected chi connectivity index (χ1v) is 18.7. The topological polar surface area (TPSA) is 134 Å². The van der Waals surface area contributed by atoms with E-state index in [2.05, 4.69) is 26.0 Å². The lowest BCUT2D eigenvalue weighted by atomic mass is 10.1. The van der Waals surface area contributed by atoms with E-state index in [1.165, 1.54) is 64.2 Å². The Balaban J connectivity index is 4.27. The number of nitrogens with two attached hydrogens (primary N) is 1. The van der Waals surface area contributed by atoms with Gasteiger partial charge in [-0.1, -0.05) is 116 Å². The van der Waals surface area contributed by atoms with Crippen LogP contribution in [0.5, 0.6) is 0 Å². The van der Waals surface area contributed by atoms with Crippen molar-refractivity contribution in [3.8, 4) is 0 Å². The zero-order chi connectivity index (χ0) is 31.9. The second-order valence-corrected chi connectivity index (χ2v) is 12.8. The van der Waals surface area contributed by atoms with Crippen LogP contribution in [0.4, 0.5) is 0 Å². The van der Waals surface area contributed by atoms with Gasteiger partial charge in [0.1, 0.15) is 6.61 Å². The van der Waals surface area contributed by atoms with Crippen molar-refractivity contribution in [3.05, 3.63) is 12.2 Å². The molecule has 9 nitrogen and oxygen atoms in total. The van der Waals surface area contributed by atoms with Crippen molar-refractivity contribution >= 4 is 19.8 Å². The molecule has 254 valence electrons. The molecule has 0 fully saturated rings. The number of allylic oxidation sites excluding steroid dienone is 2. The van der Waals surface area contributed by atoms with Crippen molar-refractivity contribution < 1.29 is 37.6 Å². The number of esters is 2. The molecule has 0 saturated heterocycles. The molecule has 3 N–H and O–H groups in total. The van der Waals surface area contributed by atoms with Crippen molar-refractivity contribution in [2.75, 3.05) is 26.4 Å². The standard InChI is InChI=1S/C33H64NO8P/c1-3-5-7-9-11-13-14-15-16-18-19-21-23-25-32(35)39-29-31(30-41-43(37,38)40-28-27-34)42-33(36)26-24-22-20-17-12-10-8-6-4-2/h13-14,31H,3-12,15-30,34H2,1-2H3,(H,37,38)/b14-13-/t31-/m1/s1. The van der Waals surface area contributed by atoms with Crippen LogP contribution in [0.2, 0.25) is 0 Å². The zero-order valence-corrected chi connectivity index (χ0v) is 28.3. The van der Waals surface area contributed by atoms with Crippen molar-refractivity contribution in [1.29, 1.82) is 0 Å². The third kappa shape index (κ3) is 30.6. The van der Waals surface area contributed by atoms with E-state index in [0.717, 1.165) is 57.8 Å². The Morgan fingerprint density at radius 1 is 0.674 bits per heavy atom. The summed E-state index contributed by atoms with van der Waals surface area (Å²) in [5, 5.41) is 0. The second-order valence-electron chi connectivity index (χ2n) is 11.4. The van der Waals surface area contributed by atoms with Gasteiger partial charge in [0.2, 0.25) is 0 Å². The van der Waals surface area contributed by atoms with Gasteiger partial charge in [-0.15, -0.1) is 0 Å². The van der Waals surface area contributed by atoms with Crippen molar-refractivity contribution in [2.45, 2.75) is 161 Å². The van der Waals surface area contributed by atoms with E-state index in [0.29, 0.717) is 6.42 Å². The Labute approximate surface area is 262 Å². The lowest BCUT2D eigenvalue weighted by Crippen LogP contribution is -2.29. The third-order valence-corrected chi connectivity index (χ3v) is 8.14. The van der Waals surface area contributed by atoms with Gasteiger partial charge in [-0.3, -0.25) is 18.6 Å². The fourth-order valence-corrected chi connectivity index (χ4v) is 5.33. The molecular weight excluding hydrogens is 569 g/mol. The molecule has 0 saturated carbocycles. The van der Waals surface area contributed by atoms with E-state index in [-0.39, 0.29) is 32.6 Å². The van der Waals surface area contributed by atoms with E-state index in [1.54, 1.807) is 0 Å². The molecule has 1 unspecified atom stereocenters. The summed E-state index contributed by atoms with van der Waals surface area (Å²) in [5.41, 5.74) is 5.31. The largest absolute Gasteiger partial charge is 0.472 e. The fraction of sp³-hybridized carbons (Fsp3) is 0.879. The van der Waals surface area contributed by atoms with Crippen LogP contribution in [0.3, 0.4) is 0 Å². The Morgan fingerprint density at radius 3 is 1.67 bits per heavy atom. The summed E-state index contributed by atoms with van der Waals surface area (Å²) in [5.74, 6) is -0.841. The van der Waals surface area contributed by atoms with Crippen LogP contribution in [0.15, 0.2) is 12.2 Å². The van der Waals surface area contributed by atoms with Crippen LogP contribution in [-0.2, 0) is 32.7 Å². The quantitative estimate of drug-likeness (QED) is 0.0323. The van der Waals surface area contributed by atoms with Crippen molar-refractivity contribution in [1.82, 2.24) is 0 Å². The fourth-order valence-electron chi connectivity index (χ4n) is 4.57. The summed E-state index contributed by atoms with van der Waals surface area (Å²) in [4.78, 5) is 34.5. The number of unbranched alkanes of at least 4 members (excludes halogenated alkanes) is 17.